The lowest BCUT2D eigenvalue weighted by molar-refractivity contribution is -0.137. The SMILES string of the molecule is Cc1ccc(CCNC(=O)C(N)=O)cc1C. The van der Waals surface area contributed by atoms with Crippen LogP contribution in [-0.4, -0.2) is 18.4 Å². The molecule has 0 aliphatic rings. The molecule has 0 atom stereocenters. The minimum Gasteiger partial charge on any atom is -0.361 e. The van der Waals surface area contributed by atoms with E-state index in [4.69, 9.17) is 5.73 Å². The molecule has 0 aliphatic heterocycles. The maximum absolute atomic E-state index is 10.9. The summed E-state index contributed by atoms with van der Waals surface area (Å²) < 4.78 is 0. The van der Waals surface area contributed by atoms with Crippen molar-refractivity contribution in [2.24, 2.45) is 5.73 Å². The molecule has 0 saturated heterocycles. The second-order valence-electron chi connectivity index (χ2n) is 3.79. The number of hydrogen-bond donors (Lipinski definition) is 2. The molecule has 2 amide bonds. The first-order valence-corrected chi connectivity index (χ1v) is 5.14. The Labute approximate surface area is 94.8 Å². The van der Waals surface area contributed by atoms with Crippen molar-refractivity contribution in [2.75, 3.05) is 6.54 Å². The van der Waals surface area contributed by atoms with E-state index in [1.54, 1.807) is 0 Å². The van der Waals surface area contributed by atoms with Crippen molar-refractivity contribution in [2.45, 2.75) is 20.3 Å². The van der Waals surface area contributed by atoms with Crippen molar-refractivity contribution in [3.8, 4) is 0 Å². The summed E-state index contributed by atoms with van der Waals surface area (Å²) in [6.45, 7) is 4.51. The standard InChI is InChI=1S/C12H16N2O2/c1-8-3-4-10(7-9(8)2)5-6-14-12(16)11(13)15/h3-4,7H,5-6H2,1-2H3,(H2,13,15)(H,14,16). The van der Waals surface area contributed by atoms with Crippen LogP contribution in [0.1, 0.15) is 16.7 Å². The molecule has 86 valence electrons. The van der Waals surface area contributed by atoms with E-state index >= 15 is 0 Å². The van der Waals surface area contributed by atoms with Crippen molar-refractivity contribution in [1.29, 1.82) is 0 Å². The van der Waals surface area contributed by atoms with E-state index in [-0.39, 0.29) is 0 Å². The normalized spacial score (nSPS) is 9.88. The molecule has 0 aromatic heterocycles. The first-order chi connectivity index (χ1) is 7.50. The van der Waals surface area contributed by atoms with Gasteiger partial charge in [0.2, 0.25) is 0 Å². The van der Waals surface area contributed by atoms with Gasteiger partial charge in [0.15, 0.2) is 0 Å². The number of aryl methyl sites for hydroxylation is 2. The van der Waals surface area contributed by atoms with Crippen molar-refractivity contribution < 1.29 is 9.59 Å². The summed E-state index contributed by atoms with van der Waals surface area (Å²) in [6.07, 6.45) is 0.695. The van der Waals surface area contributed by atoms with E-state index in [2.05, 4.69) is 11.4 Å². The Morgan fingerprint density at radius 3 is 2.50 bits per heavy atom. The Morgan fingerprint density at radius 2 is 1.94 bits per heavy atom. The third-order valence-electron chi connectivity index (χ3n) is 2.49. The minimum atomic E-state index is -0.944. The van der Waals surface area contributed by atoms with E-state index in [1.165, 1.54) is 11.1 Å². The van der Waals surface area contributed by atoms with Crippen molar-refractivity contribution in [1.82, 2.24) is 5.32 Å². The van der Waals surface area contributed by atoms with Gasteiger partial charge in [-0.25, -0.2) is 0 Å². The fraction of sp³-hybridized carbons (Fsp3) is 0.333. The fourth-order valence-electron chi connectivity index (χ4n) is 1.37. The van der Waals surface area contributed by atoms with Crippen LogP contribution < -0.4 is 11.1 Å². The van der Waals surface area contributed by atoms with Crippen molar-refractivity contribution >= 4 is 11.8 Å². The summed E-state index contributed by atoms with van der Waals surface area (Å²) in [7, 11) is 0. The molecule has 1 aromatic rings. The van der Waals surface area contributed by atoms with Crippen LogP contribution in [0.3, 0.4) is 0 Å². The van der Waals surface area contributed by atoms with Gasteiger partial charge in [0.05, 0.1) is 0 Å². The van der Waals surface area contributed by atoms with Crippen LogP contribution in [0.25, 0.3) is 0 Å². The largest absolute Gasteiger partial charge is 0.361 e. The summed E-state index contributed by atoms with van der Waals surface area (Å²) >= 11 is 0. The highest BCUT2D eigenvalue weighted by Crippen LogP contribution is 2.09. The molecule has 0 bridgehead atoms. The first-order valence-electron chi connectivity index (χ1n) is 5.14. The third-order valence-corrected chi connectivity index (χ3v) is 2.49. The van der Waals surface area contributed by atoms with Crippen LogP contribution in [0.4, 0.5) is 0 Å². The lowest BCUT2D eigenvalue weighted by Gasteiger charge is -2.05. The van der Waals surface area contributed by atoms with Gasteiger partial charge < -0.3 is 11.1 Å². The monoisotopic (exact) mass is 220 g/mol. The molecule has 0 saturated carbocycles. The Balaban J connectivity index is 2.46. The average Bonchev–Trinajstić information content (AvgIpc) is 2.23. The molecule has 0 unspecified atom stereocenters. The molecular formula is C12H16N2O2. The zero-order chi connectivity index (χ0) is 12.1. The predicted octanol–water partition coefficient (Wildman–Crippen LogP) is 0.447. The second-order valence-corrected chi connectivity index (χ2v) is 3.79. The molecule has 0 heterocycles. The smallest absolute Gasteiger partial charge is 0.309 e. The number of primary amides is 1. The van der Waals surface area contributed by atoms with E-state index in [1.807, 2.05) is 26.0 Å². The first kappa shape index (κ1) is 12.2. The lowest BCUT2D eigenvalue weighted by Crippen LogP contribution is -2.37. The zero-order valence-corrected chi connectivity index (χ0v) is 9.54. The van der Waals surface area contributed by atoms with Crippen LogP contribution >= 0.6 is 0 Å². The molecule has 3 N–H and O–H groups in total. The van der Waals surface area contributed by atoms with Gasteiger partial charge in [-0.05, 0) is 37.0 Å². The number of nitrogens with one attached hydrogen (secondary N) is 1. The van der Waals surface area contributed by atoms with Crippen LogP contribution in [0.2, 0.25) is 0 Å². The minimum absolute atomic E-state index is 0.421. The quantitative estimate of drug-likeness (QED) is 0.726. The number of amides is 2. The van der Waals surface area contributed by atoms with E-state index in [0.717, 1.165) is 5.56 Å². The Kier molecular flexibility index (Phi) is 4.05. The summed E-state index contributed by atoms with van der Waals surface area (Å²) in [6, 6.07) is 6.13. The van der Waals surface area contributed by atoms with Gasteiger partial charge in [-0.15, -0.1) is 0 Å². The number of benzene rings is 1. The molecule has 0 spiro atoms. The number of nitrogens with two attached hydrogens (primary N) is 1. The van der Waals surface area contributed by atoms with Gasteiger partial charge in [0.1, 0.15) is 0 Å². The molecule has 0 fully saturated rings. The van der Waals surface area contributed by atoms with E-state index in [0.29, 0.717) is 13.0 Å². The van der Waals surface area contributed by atoms with Crippen LogP contribution in [0, 0.1) is 13.8 Å². The molecule has 4 heteroatoms. The molecule has 16 heavy (non-hydrogen) atoms. The number of rotatable bonds is 3. The van der Waals surface area contributed by atoms with Gasteiger partial charge in [0.25, 0.3) is 0 Å². The number of carbonyl (C=O) groups excluding carboxylic acids is 2. The average molecular weight is 220 g/mol. The lowest BCUT2D eigenvalue weighted by atomic mass is 10.0. The highest BCUT2D eigenvalue weighted by atomic mass is 16.2. The molecule has 1 aromatic carbocycles. The third kappa shape index (κ3) is 3.38. The maximum atomic E-state index is 10.9. The summed E-state index contributed by atoms with van der Waals surface area (Å²) in [5.74, 6) is -1.68. The van der Waals surface area contributed by atoms with Crippen LogP contribution in [0.5, 0.6) is 0 Å². The summed E-state index contributed by atoms with van der Waals surface area (Å²) in [5.41, 5.74) is 8.40. The molecule has 1 rings (SSSR count). The predicted molar refractivity (Wildman–Crippen MR) is 61.8 cm³/mol. The summed E-state index contributed by atoms with van der Waals surface area (Å²) in [4.78, 5) is 21.3. The fourth-order valence-corrected chi connectivity index (χ4v) is 1.37. The van der Waals surface area contributed by atoms with Crippen molar-refractivity contribution in [3.63, 3.8) is 0 Å². The van der Waals surface area contributed by atoms with Gasteiger partial charge in [-0.2, -0.15) is 0 Å². The molecule has 4 nitrogen and oxygen atoms in total. The van der Waals surface area contributed by atoms with Crippen LogP contribution in [-0.2, 0) is 16.0 Å². The highest BCUT2D eigenvalue weighted by Gasteiger charge is 2.06. The summed E-state index contributed by atoms with van der Waals surface area (Å²) in [5, 5.41) is 2.45. The number of hydrogen-bond acceptors (Lipinski definition) is 2. The van der Waals surface area contributed by atoms with Gasteiger partial charge in [-0.3, -0.25) is 9.59 Å². The molecular weight excluding hydrogens is 204 g/mol. The van der Waals surface area contributed by atoms with E-state index in [9.17, 15) is 9.59 Å². The topological polar surface area (TPSA) is 72.2 Å². The van der Waals surface area contributed by atoms with Gasteiger partial charge in [-0.1, -0.05) is 18.2 Å². The Morgan fingerprint density at radius 1 is 1.25 bits per heavy atom. The van der Waals surface area contributed by atoms with Crippen LogP contribution in [0.15, 0.2) is 18.2 Å². The second kappa shape index (κ2) is 5.30. The van der Waals surface area contributed by atoms with Crippen molar-refractivity contribution in [3.05, 3.63) is 34.9 Å². The molecule has 0 radical (unpaired) electrons. The Hall–Kier alpha value is -1.84. The zero-order valence-electron chi connectivity index (χ0n) is 9.54. The van der Waals surface area contributed by atoms with Gasteiger partial charge >= 0.3 is 11.8 Å². The van der Waals surface area contributed by atoms with E-state index < -0.39 is 11.8 Å². The van der Waals surface area contributed by atoms with Gasteiger partial charge in [0, 0.05) is 6.54 Å². The maximum Gasteiger partial charge on any atom is 0.309 e. The molecule has 0 aliphatic carbocycles. The highest BCUT2D eigenvalue weighted by molar-refractivity contribution is 6.34. The number of carbonyl (C=O) groups is 2. The Bertz CT molecular complexity index is 413.